The number of esters is 1. The van der Waals surface area contributed by atoms with Crippen LogP contribution < -0.4 is 5.43 Å². The van der Waals surface area contributed by atoms with Gasteiger partial charge in [0.1, 0.15) is 0 Å². The molecule has 0 spiro atoms. The summed E-state index contributed by atoms with van der Waals surface area (Å²) in [4.78, 5) is 23.8. The van der Waals surface area contributed by atoms with Gasteiger partial charge in [-0.15, -0.1) is 0 Å². The standard InChI is InChI=1S/C15H15ClN2O3/c1-4-10-8-18(12-6-5-11(16)7-9(12)2)17-13(14(10)19)15(20)21-3/h5-8H,4H2,1-3H3. The van der Waals surface area contributed by atoms with Gasteiger partial charge in [0.25, 0.3) is 0 Å². The van der Waals surface area contributed by atoms with Crippen LogP contribution in [0.4, 0.5) is 0 Å². The van der Waals surface area contributed by atoms with Gasteiger partial charge in [0.2, 0.25) is 11.1 Å². The van der Waals surface area contributed by atoms with Crippen molar-refractivity contribution >= 4 is 17.6 Å². The lowest BCUT2D eigenvalue weighted by atomic mass is 10.1. The quantitative estimate of drug-likeness (QED) is 0.818. The molecule has 5 nitrogen and oxygen atoms in total. The predicted octanol–water partition coefficient (Wildman–Crippen LogP) is 2.54. The van der Waals surface area contributed by atoms with E-state index in [1.165, 1.54) is 11.8 Å². The molecular weight excluding hydrogens is 292 g/mol. The van der Waals surface area contributed by atoms with E-state index in [-0.39, 0.29) is 5.69 Å². The summed E-state index contributed by atoms with van der Waals surface area (Å²) in [5.41, 5.74) is 1.52. The van der Waals surface area contributed by atoms with Crippen molar-refractivity contribution in [2.45, 2.75) is 20.3 Å². The van der Waals surface area contributed by atoms with E-state index in [0.29, 0.717) is 17.0 Å². The zero-order chi connectivity index (χ0) is 15.6. The summed E-state index contributed by atoms with van der Waals surface area (Å²) in [6, 6.07) is 5.31. The van der Waals surface area contributed by atoms with Gasteiger partial charge >= 0.3 is 5.97 Å². The van der Waals surface area contributed by atoms with Crippen molar-refractivity contribution in [3.8, 4) is 5.69 Å². The molecule has 0 saturated heterocycles. The fourth-order valence-corrected chi connectivity index (χ4v) is 2.25. The molecule has 0 fully saturated rings. The molecule has 1 aromatic heterocycles. The van der Waals surface area contributed by atoms with Crippen LogP contribution >= 0.6 is 11.6 Å². The third-order valence-electron chi connectivity index (χ3n) is 3.16. The highest BCUT2D eigenvalue weighted by Gasteiger charge is 2.17. The lowest BCUT2D eigenvalue weighted by Crippen LogP contribution is -2.25. The first kappa shape index (κ1) is 15.3. The molecule has 0 bridgehead atoms. The number of hydrogen-bond acceptors (Lipinski definition) is 4. The summed E-state index contributed by atoms with van der Waals surface area (Å²) in [5.74, 6) is -0.740. The molecule has 110 valence electrons. The Hall–Kier alpha value is -2.14. The number of methoxy groups -OCH3 is 1. The number of carbonyl (C=O) groups excluding carboxylic acids is 1. The Morgan fingerprint density at radius 2 is 2.14 bits per heavy atom. The van der Waals surface area contributed by atoms with Crippen molar-refractivity contribution in [2.24, 2.45) is 0 Å². The van der Waals surface area contributed by atoms with Gasteiger partial charge in [-0.05, 0) is 37.1 Å². The van der Waals surface area contributed by atoms with E-state index < -0.39 is 11.4 Å². The van der Waals surface area contributed by atoms with Crippen LogP contribution in [0, 0.1) is 6.92 Å². The Labute approximate surface area is 127 Å². The van der Waals surface area contributed by atoms with Crippen LogP contribution in [0.1, 0.15) is 28.5 Å². The average molecular weight is 307 g/mol. The maximum absolute atomic E-state index is 12.1. The number of rotatable bonds is 3. The number of halogens is 1. The van der Waals surface area contributed by atoms with E-state index in [4.69, 9.17) is 11.6 Å². The largest absolute Gasteiger partial charge is 0.464 e. The number of benzene rings is 1. The Bertz CT molecular complexity index is 753. The average Bonchev–Trinajstić information content (AvgIpc) is 2.47. The molecule has 6 heteroatoms. The van der Waals surface area contributed by atoms with Crippen molar-refractivity contribution in [3.05, 3.63) is 56.5 Å². The highest BCUT2D eigenvalue weighted by Crippen LogP contribution is 2.18. The van der Waals surface area contributed by atoms with E-state index in [9.17, 15) is 9.59 Å². The molecule has 21 heavy (non-hydrogen) atoms. The van der Waals surface area contributed by atoms with E-state index in [0.717, 1.165) is 11.3 Å². The molecule has 2 aromatic rings. The Morgan fingerprint density at radius 1 is 1.43 bits per heavy atom. The van der Waals surface area contributed by atoms with Crippen molar-refractivity contribution < 1.29 is 9.53 Å². The molecule has 0 aliphatic heterocycles. The lowest BCUT2D eigenvalue weighted by molar-refractivity contribution is 0.0590. The van der Waals surface area contributed by atoms with E-state index in [1.54, 1.807) is 24.4 Å². The molecule has 2 rings (SSSR count). The van der Waals surface area contributed by atoms with Crippen molar-refractivity contribution in [2.75, 3.05) is 7.11 Å². The van der Waals surface area contributed by atoms with Crippen LogP contribution in [0.3, 0.4) is 0 Å². The van der Waals surface area contributed by atoms with Gasteiger partial charge in [0, 0.05) is 16.8 Å². The van der Waals surface area contributed by atoms with Gasteiger partial charge < -0.3 is 4.74 Å². The second-order valence-electron chi connectivity index (χ2n) is 4.55. The summed E-state index contributed by atoms with van der Waals surface area (Å²) in [6.07, 6.45) is 2.13. The molecule has 0 N–H and O–H groups in total. The number of ether oxygens (including phenoxy) is 1. The van der Waals surface area contributed by atoms with Crippen LogP contribution in [0.5, 0.6) is 0 Å². The van der Waals surface area contributed by atoms with E-state index in [1.807, 2.05) is 13.8 Å². The lowest BCUT2D eigenvalue weighted by Gasteiger charge is -2.12. The highest BCUT2D eigenvalue weighted by atomic mass is 35.5. The van der Waals surface area contributed by atoms with Crippen LogP contribution in [0.15, 0.2) is 29.2 Å². The Kier molecular flexibility index (Phi) is 4.43. The van der Waals surface area contributed by atoms with Gasteiger partial charge in [-0.25, -0.2) is 9.48 Å². The summed E-state index contributed by atoms with van der Waals surface area (Å²) >= 11 is 5.94. The van der Waals surface area contributed by atoms with Crippen LogP contribution in [-0.4, -0.2) is 22.9 Å². The molecule has 0 radical (unpaired) electrons. The third kappa shape index (κ3) is 2.97. The van der Waals surface area contributed by atoms with Gasteiger partial charge in [0.15, 0.2) is 0 Å². The molecule has 1 heterocycles. The number of aryl methyl sites for hydroxylation is 2. The van der Waals surface area contributed by atoms with Gasteiger partial charge in [-0.3, -0.25) is 4.79 Å². The molecule has 0 aliphatic rings. The monoisotopic (exact) mass is 306 g/mol. The van der Waals surface area contributed by atoms with Gasteiger partial charge in [-0.2, -0.15) is 5.10 Å². The van der Waals surface area contributed by atoms with Crippen LogP contribution in [0.2, 0.25) is 5.02 Å². The van der Waals surface area contributed by atoms with Crippen molar-refractivity contribution in [1.29, 1.82) is 0 Å². The minimum Gasteiger partial charge on any atom is -0.464 e. The zero-order valence-electron chi connectivity index (χ0n) is 12.0. The van der Waals surface area contributed by atoms with Gasteiger partial charge in [-0.1, -0.05) is 18.5 Å². The second kappa shape index (κ2) is 6.10. The first-order valence-corrected chi connectivity index (χ1v) is 6.83. The summed E-state index contributed by atoms with van der Waals surface area (Å²) in [6.45, 7) is 3.72. The first-order chi connectivity index (χ1) is 9.97. The molecule has 1 aromatic carbocycles. The van der Waals surface area contributed by atoms with Gasteiger partial charge in [0.05, 0.1) is 12.8 Å². The molecule has 0 unspecified atom stereocenters. The smallest absolute Gasteiger partial charge is 0.362 e. The summed E-state index contributed by atoms with van der Waals surface area (Å²) < 4.78 is 6.13. The molecule has 0 atom stereocenters. The fraction of sp³-hybridized carbons (Fsp3) is 0.267. The van der Waals surface area contributed by atoms with Crippen molar-refractivity contribution in [3.63, 3.8) is 0 Å². The second-order valence-corrected chi connectivity index (χ2v) is 4.99. The normalized spacial score (nSPS) is 10.5. The topological polar surface area (TPSA) is 61.2 Å². The van der Waals surface area contributed by atoms with Crippen LogP contribution in [0.25, 0.3) is 5.69 Å². The molecule has 0 saturated carbocycles. The highest BCUT2D eigenvalue weighted by molar-refractivity contribution is 6.30. The maximum atomic E-state index is 12.1. The Balaban J connectivity index is 2.69. The van der Waals surface area contributed by atoms with E-state index in [2.05, 4.69) is 9.84 Å². The predicted molar refractivity (Wildman–Crippen MR) is 80.3 cm³/mol. The van der Waals surface area contributed by atoms with E-state index >= 15 is 0 Å². The fourth-order valence-electron chi connectivity index (χ4n) is 2.02. The minimum atomic E-state index is -0.740. The number of hydrogen-bond donors (Lipinski definition) is 0. The number of carbonyl (C=O) groups is 1. The number of aromatic nitrogens is 2. The zero-order valence-corrected chi connectivity index (χ0v) is 12.8. The molecule has 0 aliphatic carbocycles. The SMILES string of the molecule is CCc1cn(-c2ccc(Cl)cc2C)nc(C(=O)OC)c1=O. The van der Waals surface area contributed by atoms with Crippen molar-refractivity contribution in [1.82, 2.24) is 9.78 Å². The first-order valence-electron chi connectivity index (χ1n) is 6.45. The molecular formula is C15H15ClN2O3. The summed E-state index contributed by atoms with van der Waals surface area (Å²) in [7, 11) is 1.22. The number of nitrogens with zero attached hydrogens (tertiary/aromatic N) is 2. The maximum Gasteiger partial charge on any atom is 0.362 e. The third-order valence-corrected chi connectivity index (χ3v) is 3.39. The van der Waals surface area contributed by atoms with Crippen LogP contribution in [-0.2, 0) is 11.2 Å². The summed E-state index contributed by atoms with van der Waals surface area (Å²) in [5, 5.41) is 4.71. The molecule has 0 amide bonds. The minimum absolute atomic E-state index is 0.216. The Morgan fingerprint density at radius 3 is 2.71 bits per heavy atom.